The summed E-state index contributed by atoms with van der Waals surface area (Å²) in [6, 6.07) is 4.02. The molecular formula is C12H16N2O4. The number of hydrogen-bond acceptors (Lipinski definition) is 4. The summed E-state index contributed by atoms with van der Waals surface area (Å²) in [5, 5.41) is 22.8. The summed E-state index contributed by atoms with van der Waals surface area (Å²) in [6.07, 6.45) is 0.913. The third kappa shape index (κ3) is 3.19. The normalized spacial score (nSPS) is 11.9. The number of nitrogens with zero attached hydrogens (tertiary/aromatic N) is 1. The van der Waals surface area contributed by atoms with Gasteiger partial charge in [-0.05, 0) is 12.0 Å². The van der Waals surface area contributed by atoms with Crippen LogP contribution >= 0.6 is 0 Å². The molecule has 0 aliphatic rings. The minimum atomic E-state index is -1.18. The first kappa shape index (κ1) is 14.0. The SMILES string of the molecule is CCC(C)CNc1c(C(=O)O)cccc1[N+](=O)[O-]. The average Bonchev–Trinajstić information content (AvgIpc) is 2.34. The number of nitrogens with one attached hydrogen (secondary N) is 1. The molecule has 0 fully saturated rings. The predicted octanol–water partition coefficient (Wildman–Crippen LogP) is 2.75. The molecule has 0 bridgehead atoms. The molecule has 1 rings (SSSR count). The minimum Gasteiger partial charge on any atom is -0.478 e. The van der Waals surface area contributed by atoms with E-state index in [1.54, 1.807) is 0 Å². The lowest BCUT2D eigenvalue weighted by Gasteiger charge is -2.13. The summed E-state index contributed by atoms with van der Waals surface area (Å²) in [5.74, 6) is -0.864. The van der Waals surface area contributed by atoms with E-state index < -0.39 is 10.9 Å². The van der Waals surface area contributed by atoms with Gasteiger partial charge in [-0.1, -0.05) is 26.3 Å². The van der Waals surface area contributed by atoms with E-state index >= 15 is 0 Å². The standard InChI is InChI=1S/C12H16N2O4/c1-3-8(2)7-13-11-9(12(15)16)5-4-6-10(11)14(17)18/h4-6,8,13H,3,7H2,1-2H3,(H,15,16). The van der Waals surface area contributed by atoms with Crippen molar-refractivity contribution in [1.82, 2.24) is 0 Å². The Balaban J connectivity index is 3.11. The first-order valence-corrected chi connectivity index (χ1v) is 5.72. The summed E-state index contributed by atoms with van der Waals surface area (Å²) < 4.78 is 0. The van der Waals surface area contributed by atoms with Crippen LogP contribution in [0, 0.1) is 16.0 Å². The highest BCUT2D eigenvalue weighted by molar-refractivity contribution is 5.96. The van der Waals surface area contributed by atoms with E-state index in [0.717, 1.165) is 6.42 Å². The van der Waals surface area contributed by atoms with E-state index in [2.05, 4.69) is 5.32 Å². The van der Waals surface area contributed by atoms with E-state index in [-0.39, 0.29) is 16.9 Å². The average molecular weight is 252 g/mol. The molecule has 0 amide bonds. The van der Waals surface area contributed by atoms with Crippen molar-refractivity contribution in [3.05, 3.63) is 33.9 Å². The number of nitro groups is 1. The van der Waals surface area contributed by atoms with Gasteiger partial charge >= 0.3 is 5.97 Å². The maximum Gasteiger partial charge on any atom is 0.338 e. The van der Waals surface area contributed by atoms with Crippen molar-refractivity contribution in [3.63, 3.8) is 0 Å². The third-order valence-electron chi connectivity index (χ3n) is 2.79. The Kier molecular flexibility index (Phi) is 4.65. The molecule has 0 saturated heterocycles. The second-order valence-electron chi connectivity index (χ2n) is 4.16. The Hall–Kier alpha value is -2.11. The zero-order valence-corrected chi connectivity index (χ0v) is 10.3. The molecule has 0 radical (unpaired) electrons. The quantitative estimate of drug-likeness (QED) is 0.599. The first-order chi connectivity index (χ1) is 8.47. The number of nitro benzene ring substituents is 1. The minimum absolute atomic E-state index is 0.0764. The van der Waals surface area contributed by atoms with Gasteiger partial charge < -0.3 is 10.4 Å². The molecular weight excluding hydrogens is 236 g/mol. The third-order valence-corrected chi connectivity index (χ3v) is 2.79. The maximum absolute atomic E-state index is 11.0. The van der Waals surface area contributed by atoms with E-state index in [4.69, 9.17) is 5.11 Å². The molecule has 1 aromatic rings. The lowest BCUT2D eigenvalue weighted by atomic mass is 10.1. The summed E-state index contributed by atoms with van der Waals surface area (Å²) in [4.78, 5) is 21.4. The lowest BCUT2D eigenvalue weighted by molar-refractivity contribution is -0.384. The lowest BCUT2D eigenvalue weighted by Crippen LogP contribution is -2.14. The summed E-state index contributed by atoms with van der Waals surface area (Å²) in [5.41, 5.74) is -0.207. The zero-order valence-electron chi connectivity index (χ0n) is 10.3. The fourth-order valence-corrected chi connectivity index (χ4v) is 1.48. The van der Waals surface area contributed by atoms with Gasteiger partial charge in [0.25, 0.3) is 5.69 Å². The Morgan fingerprint density at radius 1 is 1.56 bits per heavy atom. The largest absolute Gasteiger partial charge is 0.478 e. The number of carboxylic acid groups (broad SMARTS) is 1. The number of aromatic carboxylic acids is 1. The molecule has 98 valence electrons. The second kappa shape index (κ2) is 6.00. The number of benzene rings is 1. The van der Waals surface area contributed by atoms with Crippen molar-refractivity contribution in [2.24, 2.45) is 5.92 Å². The van der Waals surface area contributed by atoms with E-state index in [9.17, 15) is 14.9 Å². The molecule has 0 aliphatic heterocycles. The Bertz CT molecular complexity index is 427. The van der Waals surface area contributed by atoms with Gasteiger partial charge in [0, 0.05) is 12.6 Å². The van der Waals surface area contributed by atoms with Crippen LogP contribution in [0.3, 0.4) is 0 Å². The highest BCUT2D eigenvalue weighted by Gasteiger charge is 2.21. The van der Waals surface area contributed by atoms with Crippen molar-refractivity contribution in [1.29, 1.82) is 0 Å². The Morgan fingerprint density at radius 3 is 2.72 bits per heavy atom. The number of carbonyl (C=O) groups is 1. The summed E-state index contributed by atoms with van der Waals surface area (Å²) >= 11 is 0. The van der Waals surface area contributed by atoms with Gasteiger partial charge in [0.2, 0.25) is 0 Å². The molecule has 1 aromatic carbocycles. The molecule has 6 nitrogen and oxygen atoms in total. The molecule has 0 aromatic heterocycles. The Morgan fingerprint density at radius 2 is 2.22 bits per heavy atom. The van der Waals surface area contributed by atoms with E-state index in [1.807, 2.05) is 13.8 Å². The number of anilines is 1. The monoisotopic (exact) mass is 252 g/mol. The van der Waals surface area contributed by atoms with Gasteiger partial charge in [-0.2, -0.15) is 0 Å². The molecule has 0 heterocycles. The van der Waals surface area contributed by atoms with Crippen molar-refractivity contribution < 1.29 is 14.8 Å². The number of carboxylic acids is 1. The number of hydrogen-bond donors (Lipinski definition) is 2. The van der Waals surface area contributed by atoms with Gasteiger partial charge in [0.05, 0.1) is 10.5 Å². The van der Waals surface area contributed by atoms with Crippen LogP contribution in [0.15, 0.2) is 18.2 Å². The van der Waals surface area contributed by atoms with Crippen LogP contribution in [0.1, 0.15) is 30.6 Å². The van der Waals surface area contributed by atoms with Gasteiger partial charge in [0.1, 0.15) is 5.69 Å². The Labute approximate surface area is 105 Å². The molecule has 0 saturated carbocycles. The molecule has 6 heteroatoms. The second-order valence-corrected chi connectivity index (χ2v) is 4.16. The molecule has 2 N–H and O–H groups in total. The fourth-order valence-electron chi connectivity index (χ4n) is 1.48. The number of para-hydroxylation sites is 1. The van der Waals surface area contributed by atoms with Crippen LogP contribution in [0.4, 0.5) is 11.4 Å². The molecule has 1 unspecified atom stereocenters. The predicted molar refractivity (Wildman–Crippen MR) is 68.0 cm³/mol. The van der Waals surface area contributed by atoms with E-state index in [0.29, 0.717) is 12.5 Å². The van der Waals surface area contributed by atoms with Crippen LogP contribution in [0.5, 0.6) is 0 Å². The van der Waals surface area contributed by atoms with Crippen LogP contribution in [-0.4, -0.2) is 22.5 Å². The fraction of sp³-hybridized carbons (Fsp3) is 0.417. The van der Waals surface area contributed by atoms with Gasteiger partial charge in [-0.15, -0.1) is 0 Å². The topological polar surface area (TPSA) is 92.5 Å². The van der Waals surface area contributed by atoms with Gasteiger partial charge in [0.15, 0.2) is 0 Å². The first-order valence-electron chi connectivity index (χ1n) is 5.72. The van der Waals surface area contributed by atoms with Gasteiger partial charge in [-0.3, -0.25) is 10.1 Å². The molecule has 0 aliphatic carbocycles. The van der Waals surface area contributed by atoms with Crippen molar-refractivity contribution >= 4 is 17.3 Å². The highest BCUT2D eigenvalue weighted by Crippen LogP contribution is 2.28. The smallest absolute Gasteiger partial charge is 0.338 e. The molecule has 0 spiro atoms. The maximum atomic E-state index is 11.0. The molecule has 1 atom stereocenters. The van der Waals surface area contributed by atoms with E-state index in [1.165, 1.54) is 18.2 Å². The zero-order chi connectivity index (χ0) is 13.7. The van der Waals surface area contributed by atoms with Gasteiger partial charge in [-0.25, -0.2) is 4.79 Å². The van der Waals surface area contributed by atoms with Crippen molar-refractivity contribution in [3.8, 4) is 0 Å². The van der Waals surface area contributed by atoms with Crippen molar-refractivity contribution in [2.45, 2.75) is 20.3 Å². The van der Waals surface area contributed by atoms with Crippen LogP contribution < -0.4 is 5.32 Å². The number of rotatable bonds is 6. The van der Waals surface area contributed by atoms with Crippen LogP contribution in [0.2, 0.25) is 0 Å². The summed E-state index contributed by atoms with van der Waals surface area (Å²) in [7, 11) is 0. The van der Waals surface area contributed by atoms with Crippen molar-refractivity contribution in [2.75, 3.05) is 11.9 Å². The summed E-state index contributed by atoms with van der Waals surface area (Å²) in [6.45, 7) is 4.49. The van der Waals surface area contributed by atoms with Crippen LogP contribution in [-0.2, 0) is 0 Å². The highest BCUT2D eigenvalue weighted by atomic mass is 16.6. The van der Waals surface area contributed by atoms with Crippen LogP contribution in [0.25, 0.3) is 0 Å². The molecule has 18 heavy (non-hydrogen) atoms.